The normalized spacial score (nSPS) is 17.1. The number of aliphatic imine (C=N–C) groups is 1. The molecule has 0 saturated carbocycles. The number of rotatable bonds is 4. The lowest BCUT2D eigenvalue weighted by Crippen LogP contribution is -2.34. The van der Waals surface area contributed by atoms with Gasteiger partial charge < -0.3 is 0 Å². The van der Waals surface area contributed by atoms with Gasteiger partial charge in [0.05, 0.1) is 33.6 Å². The summed E-state index contributed by atoms with van der Waals surface area (Å²) in [5.41, 5.74) is 1.47. The number of hydrazone groups is 1. The fourth-order valence-corrected chi connectivity index (χ4v) is 4.26. The first-order chi connectivity index (χ1) is 16.2. The van der Waals surface area contributed by atoms with Gasteiger partial charge >= 0.3 is 6.18 Å². The molecule has 6 nitrogen and oxygen atoms in total. The number of benzene rings is 2. The van der Waals surface area contributed by atoms with Crippen molar-refractivity contribution < 1.29 is 13.2 Å². The highest BCUT2D eigenvalue weighted by molar-refractivity contribution is 6.42. The summed E-state index contributed by atoms with van der Waals surface area (Å²) in [7, 11) is 0. The zero-order valence-electron chi connectivity index (χ0n) is 18.0. The summed E-state index contributed by atoms with van der Waals surface area (Å²) in [5, 5.41) is 18.5. The van der Waals surface area contributed by atoms with Gasteiger partial charge in [0.15, 0.2) is 6.19 Å². The van der Waals surface area contributed by atoms with Crippen LogP contribution in [0.1, 0.15) is 36.0 Å². The van der Waals surface area contributed by atoms with Gasteiger partial charge in [-0.15, -0.1) is 0 Å². The van der Waals surface area contributed by atoms with Gasteiger partial charge in [-0.3, -0.25) is 10.2 Å². The molecule has 34 heavy (non-hydrogen) atoms. The van der Waals surface area contributed by atoms with Crippen LogP contribution >= 0.6 is 23.2 Å². The van der Waals surface area contributed by atoms with E-state index in [1.807, 2.05) is 6.19 Å². The molecule has 2 aromatic rings. The topological polar surface area (TPSA) is 67.0 Å². The van der Waals surface area contributed by atoms with Gasteiger partial charge in [-0.05, 0) is 61.3 Å². The molecule has 4 rings (SSSR count). The van der Waals surface area contributed by atoms with Crippen molar-refractivity contribution >= 4 is 40.6 Å². The summed E-state index contributed by atoms with van der Waals surface area (Å²) < 4.78 is 40.2. The Hall–Kier alpha value is -2.80. The Morgan fingerprint density at radius 3 is 2.53 bits per heavy atom. The first-order valence-corrected chi connectivity index (χ1v) is 11.5. The van der Waals surface area contributed by atoms with E-state index < -0.39 is 11.7 Å². The number of nitrogens with zero attached hydrogens (tertiary/aromatic N) is 5. The quantitative estimate of drug-likeness (QED) is 0.246. The highest BCUT2D eigenvalue weighted by Gasteiger charge is 2.31. The molecule has 0 aromatic heterocycles. The number of nitrogens with one attached hydrogen (secondary N) is 1. The lowest BCUT2D eigenvalue weighted by Gasteiger charge is -2.19. The molecule has 0 unspecified atom stereocenters. The number of likely N-dealkylation sites (tertiary alicyclic amines) is 1. The summed E-state index contributed by atoms with van der Waals surface area (Å²) >= 11 is 12.1. The first-order valence-electron chi connectivity index (χ1n) is 10.7. The molecule has 178 valence electrons. The molecular formula is C23H21Cl2F3N6. The lowest BCUT2D eigenvalue weighted by atomic mass is 10.1. The van der Waals surface area contributed by atoms with Crippen molar-refractivity contribution in [2.75, 3.05) is 19.6 Å². The summed E-state index contributed by atoms with van der Waals surface area (Å²) in [6.45, 7) is 2.64. The average molecular weight is 509 g/mol. The zero-order valence-corrected chi connectivity index (χ0v) is 19.6. The first kappa shape index (κ1) is 24.3. The lowest BCUT2D eigenvalue weighted by molar-refractivity contribution is -0.137. The van der Waals surface area contributed by atoms with E-state index in [2.05, 4.69) is 20.3 Å². The van der Waals surface area contributed by atoms with Crippen LogP contribution in [0.2, 0.25) is 10.0 Å². The van der Waals surface area contributed by atoms with Gasteiger partial charge in [-0.2, -0.15) is 23.5 Å². The molecular weight excluding hydrogens is 488 g/mol. The van der Waals surface area contributed by atoms with Crippen LogP contribution in [-0.2, 0) is 12.7 Å². The SMILES string of the molecule is N#CNC(=Nc1cc(C(F)(F)F)ccc1CN1CCCC1)N1CCC(c2ccc(Cl)c(Cl)c2)=N1. The van der Waals surface area contributed by atoms with Crippen molar-refractivity contribution in [3.63, 3.8) is 0 Å². The summed E-state index contributed by atoms with van der Waals surface area (Å²) in [5.74, 6) is 0.0551. The van der Waals surface area contributed by atoms with Crippen LogP contribution in [0.3, 0.4) is 0 Å². The van der Waals surface area contributed by atoms with Gasteiger partial charge in [0.1, 0.15) is 0 Å². The van der Waals surface area contributed by atoms with Gasteiger partial charge in [-0.25, -0.2) is 10.0 Å². The molecule has 0 atom stereocenters. The van der Waals surface area contributed by atoms with E-state index in [9.17, 15) is 18.4 Å². The van der Waals surface area contributed by atoms with Crippen molar-refractivity contribution in [2.24, 2.45) is 10.1 Å². The largest absolute Gasteiger partial charge is 0.416 e. The van der Waals surface area contributed by atoms with Crippen LogP contribution < -0.4 is 5.32 Å². The molecule has 2 aromatic carbocycles. The maximum atomic E-state index is 13.4. The van der Waals surface area contributed by atoms with Crippen LogP contribution in [0.4, 0.5) is 18.9 Å². The van der Waals surface area contributed by atoms with E-state index >= 15 is 0 Å². The van der Waals surface area contributed by atoms with E-state index in [1.54, 1.807) is 18.2 Å². The number of nitriles is 1. The second-order valence-electron chi connectivity index (χ2n) is 8.05. The molecule has 1 fully saturated rings. The third-order valence-corrected chi connectivity index (χ3v) is 6.44. The standard InChI is InChI=1S/C23H21Cl2F3N6/c24-18-6-4-15(11-19(18)25)20-7-10-34(32-20)22(30-14-29)31-21-12-17(23(26,27)28)5-3-16(21)13-33-8-1-2-9-33/h3-6,11-12H,1-2,7-10,13H2,(H,30,31). The fraction of sp³-hybridized carbons (Fsp3) is 0.348. The molecule has 1 N–H and O–H groups in total. The molecule has 0 spiro atoms. The van der Waals surface area contributed by atoms with E-state index in [1.165, 1.54) is 11.1 Å². The van der Waals surface area contributed by atoms with Crippen molar-refractivity contribution in [3.8, 4) is 6.19 Å². The Morgan fingerprint density at radius 1 is 1.09 bits per heavy atom. The zero-order chi connectivity index (χ0) is 24.3. The van der Waals surface area contributed by atoms with Gasteiger partial charge in [0, 0.05) is 13.0 Å². The van der Waals surface area contributed by atoms with Gasteiger partial charge in [0.2, 0.25) is 5.96 Å². The monoisotopic (exact) mass is 508 g/mol. The van der Waals surface area contributed by atoms with Crippen molar-refractivity contribution in [1.82, 2.24) is 15.2 Å². The molecule has 1 saturated heterocycles. The van der Waals surface area contributed by atoms with Crippen molar-refractivity contribution in [1.29, 1.82) is 5.26 Å². The summed E-state index contributed by atoms with van der Waals surface area (Å²) in [6.07, 6.45) is -0.0501. The number of halogens is 5. The Labute approximate surface area is 205 Å². The Bertz CT molecular complexity index is 1170. The van der Waals surface area contributed by atoms with E-state index in [0.29, 0.717) is 40.8 Å². The molecule has 0 radical (unpaired) electrons. The second-order valence-corrected chi connectivity index (χ2v) is 8.86. The summed E-state index contributed by atoms with van der Waals surface area (Å²) in [6, 6.07) is 8.69. The van der Waals surface area contributed by atoms with Crippen molar-refractivity contribution in [2.45, 2.75) is 32.0 Å². The maximum Gasteiger partial charge on any atom is 0.416 e. The number of hydrogen-bond acceptors (Lipinski definition) is 4. The molecule has 11 heteroatoms. The molecule has 0 bridgehead atoms. The highest BCUT2D eigenvalue weighted by Crippen LogP contribution is 2.34. The number of hydrogen-bond donors (Lipinski definition) is 1. The molecule has 2 aliphatic heterocycles. The smallest absolute Gasteiger partial charge is 0.299 e. The minimum atomic E-state index is -4.51. The predicted molar refractivity (Wildman–Crippen MR) is 126 cm³/mol. The van der Waals surface area contributed by atoms with Gasteiger partial charge in [-0.1, -0.05) is 35.3 Å². The Kier molecular flexibility index (Phi) is 7.31. The number of guanidine groups is 1. The average Bonchev–Trinajstić information content (AvgIpc) is 3.48. The minimum absolute atomic E-state index is 0.0551. The van der Waals surface area contributed by atoms with Crippen LogP contribution in [-0.4, -0.2) is 41.2 Å². The predicted octanol–water partition coefficient (Wildman–Crippen LogP) is 5.78. The molecule has 2 heterocycles. The second kappa shape index (κ2) is 10.2. The van der Waals surface area contributed by atoms with E-state index in [4.69, 9.17) is 23.2 Å². The highest BCUT2D eigenvalue weighted by atomic mass is 35.5. The summed E-state index contributed by atoms with van der Waals surface area (Å²) in [4.78, 5) is 6.61. The van der Waals surface area contributed by atoms with Crippen LogP contribution in [0.5, 0.6) is 0 Å². The molecule has 0 aliphatic carbocycles. The van der Waals surface area contributed by atoms with Crippen LogP contribution in [0.25, 0.3) is 0 Å². The van der Waals surface area contributed by atoms with Crippen molar-refractivity contribution in [3.05, 3.63) is 63.1 Å². The van der Waals surface area contributed by atoms with Gasteiger partial charge in [0.25, 0.3) is 0 Å². The minimum Gasteiger partial charge on any atom is -0.299 e. The molecule has 2 aliphatic rings. The third-order valence-electron chi connectivity index (χ3n) is 5.70. The fourth-order valence-electron chi connectivity index (χ4n) is 3.96. The van der Waals surface area contributed by atoms with E-state index in [-0.39, 0.29) is 11.6 Å². The Morgan fingerprint density at radius 2 is 1.85 bits per heavy atom. The molecule has 0 amide bonds. The maximum absolute atomic E-state index is 13.4. The number of alkyl halides is 3. The third kappa shape index (κ3) is 5.63. The van der Waals surface area contributed by atoms with Crippen LogP contribution in [0, 0.1) is 11.5 Å². The Balaban J connectivity index is 1.69. The van der Waals surface area contributed by atoms with Crippen LogP contribution in [0.15, 0.2) is 46.5 Å². The van der Waals surface area contributed by atoms with E-state index in [0.717, 1.165) is 43.6 Å².